The molecule has 1 N–H and O–H groups in total. The summed E-state index contributed by atoms with van der Waals surface area (Å²) >= 11 is 1.98. The van der Waals surface area contributed by atoms with Crippen LogP contribution in [0.2, 0.25) is 0 Å². The van der Waals surface area contributed by atoms with Crippen molar-refractivity contribution in [1.82, 2.24) is 0 Å². The van der Waals surface area contributed by atoms with E-state index in [9.17, 15) is 0 Å². The van der Waals surface area contributed by atoms with Gasteiger partial charge in [0.05, 0.1) is 5.69 Å². The van der Waals surface area contributed by atoms with Crippen LogP contribution in [0.15, 0.2) is 0 Å². The minimum Gasteiger partial charge on any atom is -0.387 e. The van der Waals surface area contributed by atoms with Crippen LogP contribution in [0.4, 0.5) is 5.69 Å². The molecule has 0 amide bonds. The van der Waals surface area contributed by atoms with E-state index >= 15 is 0 Å². The van der Waals surface area contributed by atoms with Gasteiger partial charge in [-0.2, -0.15) is 0 Å². The Hall–Kier alpha value is -0.500. The summed E-state index contributed by atoms with van der Waals surface area (Å²) in [5.41, 5.74) is 3.01. The van der Waals surface area contributed by atoms with E-state index in [-0.39, 0.29) is 0 Å². The Morgan fingerprint density at radius 3 is 2.12 bits per heavy atom. The van der Waals surface area contributed by atoms with E-state index in [0.29, 0.717) is 0 Å². The number of fused-ring (bicyclic) bond motifs is 1. The third-order valence-corrected chi connectivity index (χ3v) is 3.80. The van der Waals surface area contributed by atoms with Gasteiger partial charge in [0, 0.05) is 16.8 Å². The number of hydrogen-bond donors (Lipinski definition) is 1. The molecule has 2 heteroatoms. The molecule has 1 aromatic heterocycles. The average Bonchev–Trinajstić information content (AvgIpc) is 2.69. The highest BCUT2D eigenvalue weighted by atomic mass is 32.1. The van der Waals surface area contributed by atoms with Crippen LogP contribution in [0.25, 0.3) is 0 Å². The van der Waals surface area contributed by atoms with Crippen LogP contribution in [-0.2, 0) is 12.8 Å². The molecule has 0 aliphatic heterocycles. The number of nitrogens with one attached hydrogen (secondary N) is 1. The third-order valence-electron chi connectivity index (χ3n) is 2.60. The molecule has 1 aliphatic carbocycles. The SMILES string of the molecule is CC.CC.CNc1c(C)sc2c1CCCC2. The smallest absolute Gasteiger partial charge is 0.0511 e. The fraction of sp³-hybridized carbons (Fsp3) is 0.714. The standard InChI is InChI=1S/C10H15NS.2C2H6/c1-7-10(11-2)8-5-3-4-6-9(8)12-7;2*1-2/h11H,3-6H2,1-2H3;2*1-2H3. The predicted molar refractivity (Wildman–Crippen MR) is 77.9 cm³/mol. The maximum absolute atomic E-state index is 3.31. The zero-order valence-electron chi connectivity index (χ0n) is 11.7. The number of hydrogen-bond acceptors (Lipinski definition) is 2. The predicted octanol–water partition coefficient (Wildman–Crippen LogP) is 5.03. The summed E-state index contributed by atoms with van der Waals surface area (Å²) < 4.78 is 0. The molecule has 1 heterocycles. The number of rotatable bonds is 1. The lowest BCUT2D eigenvalue weighted by atomic mass is 9.98. The van der Waals surface area contributed by atoms with Crippen LogP contribution >= 0.6 is 11.3 Å². The van der Waals surface area contributed by atoms with Gasteiger partial charge in [0.2, 0.25) is 0 Å². The largest absolute Gasteiger partial charge is 0.387 e. The van der Waals surface area contributed by atoms with Crippen molar-refractivity contribution in [2.75, 3.05) is 12.4 Å². The molecule has 16 heavy (non-hydrogen) atoms. The van der Waals surface area contributed by atoms with Gasteiger partial charge in [0.15, 0.2) is 0 Å². The first-order chi connectivity index (χ1) is 7.83. The van der Waals surface area contributed by atoms with Crippen molar-refractivity contribution in [2.24, 2.45) is 0 Å². The maximum Gasteiger partial charge on any atom is 0.0511 e. The lowest BCUT2D eigenvalue weighted by Crippen LogP contribution is -2.01. The van der Waals surface area contributed by atoms with Crippen molar-refractivity contribution >= 4 is 17.0 Å². The first-order valence-corrected chi connectivity index (χ1v) is 7.43. The Morgan fingerprint density at radius 1 is 1.00 bits per heavy atom. The van der Waals surface area contributed by atoms with Crippen LogP contribution in [0.3, 0.4) is 0 Å². The Balaban J connectivity index is 0.000000509. The molecular formula is C14H27NS. The van der Waals surface area contributed by atoms with Gasteiger partial charge in [0.25, 0.3) is 0 Å². The van der Waals surface area contributed by atoms with Gasteiger partial charge in [-0.15, -0.1) is 11.3 Å². The summed E-state index contributed by atoms with van der Waals surface area (Å²) in [6.45, 7) is 10.2. The van der Waals surface area contributed by atoms with Crippen LogP contribution in [0.1, 0.15) is 55.9 Å². The second-order valence-corrected chi connectivity index (χ2v) is 4.70. The second-order valence-electron chi connectivity index (χ2n) is 3.39. The minimum atomic E-state index is 1.29. The lowest BCUT2D eigenvalue weighted by molar-refractivity contribution is 0.698. The van der Waals surface area contributed by atoms with Crippen molar-refractivity contribution < 1.29 is 0 Å². The Morgan fingerprint density at radius 2 is 1.56 bits per heavy atom. The molecule has 0 bridgehead atoms. The van der Waals surface area contributed by atoms with Gasteiger partial charge in [0.1, 0.15) is 0 Å². The van der Waals surface area contributed by atoms with Crippen molar-refractivity contribution in [1.29, 1.82) is 0 Å². The zero-order valence-corrected chi connectivity index (χ0v) is 12.6. The number of anilines is 1. The van der Waals surface area contributed by atoms with Gasteiger partial charge in [-0.1, -0.05) is 27.7 Å². The van der Waals surface area contributed by atoms with Gasteiger partial charge in [-0.3, -0.25) is 0 Å². The van der Waals surface area contributed by atoms with Crippen LogP contribution in [0, 0.1) is 6.92 Å². The van der Waals surface area contributed by atoms with E-state index in [1.165, 1.54) is 36.2 Å². The molecule has 0 unspecified atom stereocenters. The third kappa shape index (κ3) is 3.51. The van der Waals surface area contributed by atoms with E-state index in [0.717, 1.165) is 0 Å². The molecule has 94 valence electrons. The van der Waals surface area contributed by atoms with Gasteiger partial charge >= 0.3 is 0 Å². The molecule has 0 spiro atoms. The first kappa shape index (κ1) is 15.5. The van der Waals surface area contributed by atoms with Gasteiger partial charge in [-0.25, -0.2) is 0 Å². The van der Waals surface area contributed by atoms with Crippen molar-refractivity contribution in [3.63, 3.8) is 0 Å². The number of thiophene rings is 1. The molecule has 1 nitrogen and oxygen atoms in total. The molecule has 1 aromatic rings. The van der Waals surface area contributed by atoms with Gasteiger partial charge in [-0.05, 0) is 38.2 Å². The summed E-state index contributed by atoms with van der Waals surface area (Å²) in [6.07, 6.45) is 5.35. The molecule has 0 saturated carbocycles. The van der Waals surface area contributed by atoms with E-state index in [1.807, 2.05) is 46.1 Å². The first-order valence-electron chi connectivity index (χ1n) is 6.62. The topological polar surface area (TPSA) is 12.0 Å². The van der Waals surface area contributed by atoms with Gasteiger partial charge < -0.3 is 5.32 Å². The van der Waals surface area contributed by atoms with E-state index in [2.05, 4.69) is 12.2 Å². The molecule has 0 fully saturated rings. The highest BCUT2D eigenvalue weighted by molar-refractivity contribution is 7.12. The van der Waals surface area contributed by atoms with Crippen molar-refractivity contribution in [3.8, 4) is 0 Å². The highest BCUT2D eigenvalue weighted by Gasteiger charge is 2.17. The fourth-order valence-electron chi connectivity index (χ4n) is 2.03. The molecule has 2 rings (SSSR count). The lowest BCUT2D eigenvalue weighted by Gasteiger charge is -2.12. The highest BCUT2D eigenvalue weighted by Crippen LogP contribution is 2.37. The average molecular weight is 241 g/mol. The summed E-state index contributed by atoms with van der Waals surface area (Å²) in [6, 6.07) is 0. The number of aryl methyl sites for hydroxylation is 2. The monoisotopic (exact) mass is 241 g/mol. The van der Waals surface area contributed by atoms with E-state index in [1.54, 1.807) is 10.4 Å². The van der Waals surface area contributed by atoms with Crippen LogP contribution in [-0.4, -0.2) is 7.05 Å². The molecule has 0 atom stereocenters. The quantitative estimate of drug-likeness (QED) is 0.727. The Labute approximate surface area is 105 Å². The molecule has 0 saturated heterocycles. The minimum absolute atomic E-state index is 1.29. The zero-order chi connectivity index (χ0) is 12.6. The Kier molecular flexibility index (Phi) is 8.36. The van der Waals surface area contributed by atoms with Crippen LogP contribution in [0.5, 0.6) is 0 Å². The summed E-state index contributed by atoms with van der Waals surface area (Å²) in [5.74, 6) is 0. The van der Waals surface area contributed by atoms with E-state index < -0.39 is 0 Å². The fourth-order valence-corrected chi connectivity index (χ4v) is 3.30. The van der Waals surface area contributed by atoms with E-state index in [4.69, 9.17) is 0 Å². The molecule has 1 aliphatic rings. The molecule has 0 radical (unpaired) electrons. The van der Waals surface area contributed by atoms with Crippen LogP contribution < -0.4 is 5.32 Å². The maximum atomic E-state index is 3.31. The normalized spacial score (nSPS) is 12.6. The summed E-state index contributed by atoms with van der Waals surface area (Å²) in [4.78, 5) is 3.09. The second kappa shape index (κ2) is 8.63. The van der Waals surface area contributed by atoms with Crippen molar-refractivity contribution in [3.05, 3.63) is 15.3 Å². The molecule has 0 aromatic carbocycles. The Bertz CT molecular complexity index is 289. The summed E-state index contributed by atoms with van der Waals surface area (Å²) in [5, 5.41) is 3.31. The molecular weight excluding hydrogens is 214 g/mol. The van der Waals surface area contributed by atoms with Crippen molar-refractivity contribution in [2.45, 2.75) is 60.3 Å². The summed E-state index contributed by atoms with van der Waals surface area (Å²) in [7, 11) is 2.03.